The number of rotatable bonds is 4. The molecule has 0 radical (unpaired) electrons. The van der Waals surface area contributed by atoms with Crippen LogP contribution in [0, 0.1) is 4.77 Å². The summed E-state index contributed by atoms with van der Waals surface area (Å²) in [6.45, 7) is 2.87. The van der Waals surface area contributed by atoms with Crippen LogP contribution in [0.15, 0.2) is 42.7 Å². The zero-order chi connectivity index (χ0) is 13.9. The van der Waals surface area contributed by atoms with Crippen molar-refractivity contribution in [3.8, 4) is 11.3 Å². The van der Waals surface area contributed by atoms with Gasteiger partial charge in [-0.1, -0.05) is 37.3 Å². The SMILES string of the molecule is CCc1cnc(Cn2c(-c3ccccc3)c[nH]c2=S)s1. The van der Waals surface area contributed by atoms with Gasteiger partial charge in [0.15, 0.2) is 4.77 Å². The highest BCUT2D eigenvalue weighted by molar-refractivity contribution is 7.71. The summed E-state index contributed by atoms with van der Waals surface area (Å²) in [5, 5.41) is 1.09. The van der Waals surface area contributed by atoms with Crippen LogP contribution in [0.3, 0.4) is 0 Å². The lowest BCUT2D eigenvalue weighted by molar-refractivity contribution is 0.785. The fourth-order valence-electron chi connectivity index (χ4n) is 2.12. The maximum atomic E-state index is 5.39. The predicted molar refractivity (Wildman–Crippen MR) is 85.6 cm³/mol. The molecule has 1 N–H and O–H groups in total. The van der Waals surface area contributed by atoms with Gasteiger partial charge in [0.1, 0.15) is 5.01 Å². The smallest absolute Gasteiger partial charge is 0.178 e. The van der Waals surface area contributed by atoms with E-state index < -0.39 is 0 Å². The highest BCUT2D eigenvalue weighted by Crippen LogP contribution is 2.22. The Hall–Kier alpha value is -1.72. The number of hydrogen-bond acceptors (Lipinski definition) is 3. The van der Waals surface area contributed by atoms with E-state index in [1.54, 1.807) is 11.3 Å². The van der Waals surface area contributed by atoms with Crippen molar-refractivity contribution in [1.82, 2.24) is 14.5 Å². The summed E-state index contributed by atoms with van der Waals surface area (Å²) in [5.74, 6) is 0. The summed E-state index contributed by atoms with van der Waals surface area (Å²) < 4.78 is 2.83. The van der Waals surface area contributed by atoms with Gasteiger partial charge in [-0.3, -0.25) is 0 Å². The van der Waals surface area contributed by atoms with E-state index in [-0.39, 0.29) is 0 Å². The Morgan fingerprint density at radius 1 is 1.30 bits per heavy atom. The summed E-state index contributed by atoms with van der Waals surface area (Å²) in [7, 11) is 0. The first-order valence-electron chi connectivity index (χ1n) is 6.55. The van der Waals surface area contributed by atoms with E-state index in [1.807, 2.05) is 30.6 Å². The number of imidazole rings is 1. The van der Waals surface area contributed by atoms with Crippen molar-refractivity contribution in [2.75, 3.05) is 0 Å². The number of H-pyrrole nitrogens is 1. The van der Waals surface area contributed by atoms with Crippen LogP contribution in [0.2, 0.25) is 0 Å². The summed E-state index contributed by atoms with van der Waals surface area (Å²) in [6, 6.07) is 10.3. The molecule has 0 fully saturated rings. The maximum absolute atomic E-state index is 5.39. The molecule has 0 unspecified atom stereocenters. The number of aromatic amines is 1. The molecule has 0 aliphatic carbocycles. The Morgan fingerprint density at radius 3 is 2.80 bits per heavy atom. The zero-order valence-electron chi connectivity index (χ0n) is 11.2. The second-order valence-corrected chi connectivity index (χ2v) is 6.09. The predicted octanol–water partition coefficient (Wildman–Crippen LogP) is 4.28. The molecule has 20 heavy (non-hydrogen) atoms. The molecule has 0 spiro atoms. The molecule has 0 atom stereocenters. The van der Waals surface area contributed by atoms with E-state index in [4.69, 9.17) is 12.2 Å². The minimum atomic E-state index is 0.719. The molecule has 0 aliphatic heterocycles. The molecular formula is C15H15N3S2. The molecule has 102 valence electrons. The Kier molecular flexibility index (Phi) is 3.80. The Labute approximate surface area is 126 Å². The molecule has 3 aromatic rings. The lowest BCUT2D eigenvalue weighted by Crippen LogP contribution is -2.01. The highest BCUT2D eigenvalue weighted by atomic mass is 32.1. The molecule has 5 heteroatoms. The van der Waals surface area contributed by atoms with Crippen LogP contribution in [0.25, 0.3) is 11.3 Å². The summed E-state index contributed by atoms with van der Waals surface area (Å²) >= 11 is 7.14. The van der Waals surface area contributed by atoms with Gasteiger partial charge in [-0.15, -0.1) is 11.3 Å². The topological polar surface area (TPSA) is 33.6 Å². The third-order valence-electron chi connectivity index (χ3n) is 3.18. The van der Waals surface area contributed by atoms with E-state index in [0.717, 1.165) is 34.0 Å². The first-order valence-corrected chi connectivity index (χ1v) is 7.77. The second-order valence-electron chi connectivity index (χ2n) is 4.51. The zero-order valence-corrected chi connectivity index (χ0v) is 12.8. The molecule has 0 aliphatic rings. The average molecular weight is 301 g/mol. The highest BCUT2D eigenvalue weighted by Gasteiger charge is 2.09. The van der Waals surface area contributed by atoms with Crippen molar-refractivity contribution in [2.24, 2.45) is 0 Å². The summed E-state index contributed by atoms with van der Waals surface area (Å²) in [4.78, 5) is 8.92. The van der Waals surface area contributed by atoms with Gasteiger partial charge in [-0.05, 0) is 24.2 Å². The second kappa shape index (κ2) is 5.73. The van der Waals surface area contributed by atoms with Crippen LogP contribution in [0.1, 0.15) is 16.8 Å². The third-order valence-corrected chi connectivity index (χ3v) is 4.65. The van der Waals surface area contributed by atoms with Gasteiger partial charge in [0.2, 0.25) is 0 Å². The average Bonchev–Trinajstić information content (AvgIpc) is 3.08. The molecular weight excluding hydrogens is 286 g/mol. The van der Waals surface area contributed by atoms with Gasteiger partial charge in [0.25, 0.3) is 0 Å². The standard InChI is InChI=1S/C15H15N3S2/c1-2-12-8-16-14(20-12)10-18-13(9-17-15(18)19)11-6-4-3-5-7-11/h3-9H,2,10H2,1H3,(H,17,19). The summed E-state index contributed by atoms with van der Waals surface area (Å²) in [6.07, 6.45) is 4.95. The van der Waals surface area contributed by atoms with Crippen molar-refractivity contribution in [3.05, 3.63) is 57.4 Å². The Balaban J connectivity index is 1.97. The van der Waals surface area contributed by atoms with E-state index in [2.05, 4.69) is 33.6 Å². The van der Waals surface area contributed by atoms with E-state index in [9.17, 15) is 0 Å². The quantitative estimate of drug-likeness (QED) is 0.730. The van der Waals surface area contributed by atoms with Crippen molar-refractivity contribution < 1.29 is 0 Å². The van der Waals surface area contributed by atoms with Crippen LogP contribution in [0.4, 0.5) is 0 Å². The Morgan fingerprint density at radius 2 is 2.10 bits per heavy atom. The van der Waals surface area contributed by atoms with Crippen molar-refractivity contribution in [2.45, 2.75) is 19.9 Å². The maximum Gasteiger partial charge on any atom is 0.178 e. The monoisotopic (exact) mass is 301 g/mol. The number of aromatic nitrogens is 3. The fourth-order valence-corrected chi connectivity index (χ4v) is 3.19. The Bertz CT molecular complexity index is 753. The van der Waals surface area contributed by atoms with Gasteiger partial charge < -0.3 is 9.55 Å². The van der Waals surface area contributed by atoms with Gasteiger partial charge in [-0.2, -0.15) is 0 Å². The normalized spacial score (nSPS) is 10.8. The van der Waals surface area contributed by atoms with Crippen LogP contribution in [-0.2, 0) is 13.0 Å². The van der Waals surface area contributed by atoms with E-state index in [0.29, 0.717) is 0 Å². The van der Waals surface area contributed by atoms with Gasteiger partial charge >= 0.3 is 0 Å². The number of aryl methyl sites for hydroxylation is 1. The largest absolute Gasteiger partial charge is 0.337 e. The molecule has 2 heterocycles. The van der Waals surface area contributed by atoms with Gasteiger partial charge in [0, 0.05) is 17.3 Å². The van der Waals surface area contributed by atoms with Gasteiger partial charge in [-0.25, -0.2) is 4.98 Å². The number of nitrogens with one attached hydrogen (secondary N) is 1. The lowest BCUT2D eigenvalue weighted by Gasteiger charge is -2.06. The number of nitrogens with zero attached hydrogens (tertiary/aromatic N) is 2. The van der Waals surface area contributed by atoms with Crippen LogP contribution < -0.4 is 0 Å². The molecule has 0 amide bonds. The molecule has 0 saturated carbocycles. The molecule has 0 saturated heterocycles. The molecule has 1 aromatic carbocycles. The lowest BCUT2D eigenvalue weighted by atomic mass is 10.2. The van der Waals surface area contributed by atoms with Gasteiger partial charge in [0.05, 0.1) is 12.2 Å². The van der Waals surface area contributed by atoms with Crippen LogP contribution >= 0.6 is 23.6 Å². The van der Waals surface area contributed by atoms with Crippen molar-refractivity contribution in [1.29, 1.82) is 0 Å². The van der Waals surface area contributed by atoms with Crippen molar-refractivity contribution in [3.63, 3.8) is 0 Å². The van der Waals surface area contributed by atoms with Crippen LogP contribution in [0.5, 0.6) is 0 Å². The minimum absolute atomic E-state index is 0.719. The fraction of sp³-hybridized carbons (Fsp3) is 0.200. The molecule has 3 rings (SSSR count). The molecule has 3 nitrogen and oxygen atoms in total. The third kappa shape index (κ3) is 2.59. The number of thiazole rings is 1. The molecule has 2 aromatic heterocycles. The molecule has 0 bridgehead atoms. The first-order chi connectivity index (χ1) is 9.78. The number of hydrogen-bond donors (Lipinski definition) is 1. The minimum Gasteiger partial charge on any atom is -0.337 e. The first kappa shape index (κ1) is 13.3. The van der Waals surface area contributed by atoms with Crippen LogP contribution in [-0.4, -0.2) is 14.5 Å². The number of benzene rings is 1. The van der Waals surface area contributed by atoms with Crippen molar-refractivity contribution >= 4 is 23.6 Å². The summed E-state index contributed by atoms with van der Waals surface area (Å²) in [5.41, 5.74) is 2.26. The van der Waals surface area contributed by atoms with E-state index in [1.165, 1.54) is 4.88 Å². The van der Waals surface area contributed by atoms with E-state index >= 15 is 0 Å².